The summed E-state index contributed by atoms with van der Waals surface area (Å²) < 4.78 is 11.0. The first-order valence-electron chi connectivity index (χ1n) is 11.5. The normalized spacial score (nSPS) is 18.9. The highest BCUT2D eigenvalue weighted by Crippen LogP contribution is 2.24. The quantitative estimate of drug-likeness (QED) is 0.502. The number of piperidine rings is 1. The molecule has 1 N–H and O–H groups in total. The fourth-order valence-electron chi connectivity index (χ4n) is 4.50. The predicted octanol–water partition coefficient (Wildman–Crippen LogP) is 4.99. The molecule has 33 heavy (non-hydrogen) atoms. The van der Waals surface area contributed by atoms with Crippen LogP contribution in [0.4, 0.5) is 5.13 Å². The lowest BCUT2D eigenvalue weighted by molar-refractivity contribution is -0.115. The van der Waals surface area contributed by atoms with Gasteiger partial charge >= 0.3 is 0 Å². The molecule has 176 valence electrons. The van der Waals surface area contributed by atoms with Gasteiger partial charge in [0.05, 0.1) is 23.4 Å². The Bertz CT molecular complexity index is 1050. The molecule has 2 atom stereocenters. The van der Waals surface area contributed by atoms with E-state index in [2.05, 4.69) is 34.2 Å². The summed E-state index contributed by atoms with van der Waals surface area (Å²) in [5, 5.41) is 9.58. The van der Waals surface area contributed by atoms with Crippen LogP contribution >= 0.6 is 11.3 Å². The van der Waals surface area contributed by atoms with Gasteiger partial charge in [0.15, 0.2) is 5.13 Å². The molecule has 0 aliphatic carbocycles. The molecule has 2 aromatic heterocycles. The summed E-state index contributed by atoms with van der Waals surface area (Å²) in [5.74, 6) is 2.88. The van der Waals surface area contributed by atoms with Gasteiger partial charge in [-0.3, -0.25) is 9.69 Å². The zero-order valence-electron chi connectivity index (χ0n) is 19.8. The minimum atomic E-state index is -0.0690. The minimum absolute atomic E-state index is 0.0690. The molecule has 1 aliphatic heterocycles. The largest absolute Gasteiger partial charge is 0.489 e. The maximum absolute atomic E-state index is 12.5. The smallest absolute Gasteiger partial charge is 0.230 e. The van der Waals surface area contributed by atoms with Gasteiger partial charge in [-0.05, 0) is 49.8 Å². The Hall–Kier alpha value is -2.71. The van der Waals surface area contributed by atoms with Crippen LogP contribution in [0.15, 0.2) is 34.2 Å². The molecule has 0 spiro atoms. The lowest BCUT2D eigenvalue weighted by atomic mass is 9.92. The van der Waals surface area contributed by atoms with Crippen LogP contribution in [0.5, 0.6) is 5.75 Å². The monoisotopic (exact) mass is 468 g/mol. The van der Waals surface area contributed by atoms with Gasteiger partial charge in [-0.2, -0.15) is 0 Å². The molecule has 0 saturated carbocycles. The summed E-state index contributed by atoms with van der Waals surface area (Å²) in [6.45, 7) is 11.9. The summed E-state index contributed by atoms with van der Waals surface area (Å²) in [6.07, 6.45) is 1.59. The van der Waals surface area contributed by atoms with Crippen LogP contribution in [-0.4, -0.2) is 34.0 Å². The van der Waals surface area contributed by atoms with Crippen molar-refractivity contribution in [2.45, 2.75) is 53.7 Å². The number of carbonyl (C=O) groups is 1. The molecule has 1 saturated heterocycles. The van der Waals surface area contributed by atoms with E-state index in [1.165, 1.54) is 17.8 Å². The number of hydrogen-bond acceptors (Lipinski definition) is 7. The second-order valence-electron chi connectivity index (χ2n) is 9.24. The van der Waals surface area contributed by atoms with Crippen molar-refractivity contribution in [2.75, 3.05) is 18.4 Å². The Balaban J connectivity index is 1.25. The summed E-state index contributed by atoms with van der Waals surface area (Å²) >= 11 is 1.49. The number of benzene rings is 1. The highest BCUT2D eigenvalue weighted by molar-refractivity contribution is 7.13. The van der Waals surface area contributed by atoms with Gasteiger partial charge in [-0.15, -0.1) is 11.3 Å². The number of aryl methyl sites for hydroxylation is 2. The standard InChI is InChI=1S/C25H32N4O3S/c1-16-9-17(2)12-29(11-16)13-21-15-33-25(26-21)27-24(30)10-20-5-7-22(8-6-20)31-14-23-18(3)28-32-19(23)4/h5-8,15-17H,9-14H2,1-4H3,(H,26,27,30). The summed E-state index contributed by atoms with van der Waals surface area (Å²) in [5.41, 5.74) is 3.75. The highest BCUT2D eigenvalue weighted by atomic mass is 32.1. The first-order chi connectivity index (χ1) is 15.9. The zero-order chi connectivity index (χ0) is 23.4. The van der Waals surface area contributed by atoms with Crippen molar-refractivity contribution in [3.8, 4) is 5.75 Å². The van der Waals surface area contributed by atoms with Gasteiger partial charge in [-0.1, -0.05) is 31.1 Å². The molecule has 1 fully saturated rings. The van der Waals surface area contributed by atoms with Gasteiger partial charge in [0.25, 0.3) is 0 Å². The molecule has 0 radical (unpaired) electrons. The van der Waals surface area contributed by atoms with Crippen molar-refractivity contribution < 1.29 is 14.1 Å². The average Bonchev–Trinajstić information content (AvgIpc) is 3.32. The minimum Gasteiger partial charge on any atom is -0.489 e. The van der Waals surface area contributed by atoms with Crippen LogP contribution in [0, 0.1) is 25.7 Å². The van der Waals surface area contributed by atoms with Crippen LogP contribution in [0.3, 0.4) is 0 Å². The second kappa shape index (κ2) is 10.5. The fourth-order valence-corrected chi connectivity index (χ4v) is 5.22. The number of amides is 1. The molecule has 1 aromatic carbocycles. The van der Waals surface area contributed by atoms with E-state index in [-0.39, 0.29) is 5.91 Å². The maximum Gasteiger partial charge on any atom is 0.230 e. The number of anilines is 1. The van der Waals surface area contributed by atoms with Crippen molar-refractivity contribution in [1.82, 2.24) is 15.0 Å². The number of nitrogens with zero attached hydrogens (tertiary/aromatic N) is 3. The molecule has 7 nitrogen and oxygen atoms in total. The molecule has 1 aliphatic rings. The number of rotatable bonds is 8. The lowest BCUT2D eigenvalue weighted by Gasteiger charge is -2.34. The Morgan fingerprint density at radius 1 is 1.21 bits per heavy atom. The molecular weight excluding hydrogens is 436 g/mol. The van der Waals surface area contributed by atoms with Crippen LogP contribution in [0.25, 0.3) is 0 Å². The third kappa shape index (κ3) is 6.42. The van der Waals surface area contributed by atoms with E-state index in [9.17, 15) is 4.79 Å². The van der Waals surface area contributed by atoms with Gasteiger partial charge in [0, 0.05) is 25.0 Å². The van der Waals surface area contributed by atoms with Gasteiger partial charge < -0.3 is 14.6 Å². The van der Waals surface area contributed by atoms with Crippen molar-refractivity contribution in [3.63, 3.8) is 0 Å². The number of thiazole rings is 1. The van der Waals surface area contributed by atoms with E-state index in [1.54, 1.807) is 0 Å². The SMILES string of the molecule is Cc1noc(C)c1COc1ccc(CC(=O)Nc2nc(CN3CC(C)CC(C)C3)cs2)cc1. The van der Waals surface area contributed by atoms with Crippen LogP contribution in [-0.2, 0) is 24.4 Å². The van der Waals surface area contributed by atoms with Crippen molar-refractivity contribution in [3.05, 3.63) is 57.9 Å². The Labute approximate surface area is 199 Å². The Morgan fingerprint density at radius 2 is 1.94 bits per heavy atom. The van der Waals surface area contributed by atoms with E-state index >= 15 is 0 Å². The number of ether oxygens (including phenoxy) is 1. The highest BCUT2D eigenvalue weighted by Gasteiger charge is 2.22. The van der Waals surface area contributed by atoms with Crippen molar-refractivity contribution in [2.24, 2.45) is 11.8 Å². The molecule has 4 rings (SSSR count). The van der Waals surface area contributed by atoms with Crippen LogP contribution in [0.1, 0.15) is 48.5 Å². The third-order valence-corrected chi connectivity index (χ3v) is 6.79. The van der Waals surface area contributed by atoms with E-state index in [0.29, 0.717) is 18.2 Å². The number of hydrogen-bond donors (Lipinski definition) is 1. The zero-order valence-corrected chi connectivity index (χ0v) is 20.6. The topological polar surface area (TPSA) is 80.5 Å². The van der Waals surface area contributed by atoms with E-state index in [1.807, 2.05) is 43.5 Å². The number of nitrogens with one attached hydrogen (secondary N) is 1. The molecule has 3 aromatic rings. The van der Waals surface area contributed by atoms with Gasteiger partial charge in [0.2, 0.25) is 5.91 Å². The number of carbonyl (C=O) groups excluding carboxylic acids is 1. The summed E-state index contributed by atoms with van der Waals surface area (Å²) in [6, 6.07) is 7.58. The van der Waals surface area contributed by atoms with Crippen molar-refractivity contribution >= 4 is 22.4 Å². The first-order valence-corrected chi connectivity index (χ1v) is 12.3. The summed E-state index contributed by atoms with van der Waals surface area (Å²) in [4.78, 5) is 19.6. The summed E-state index contributed by atoms with van der Waals surface area (Å²) in [7, 11) is 0. The van der Waals surface area contributed by atoms with Crippen LogP contribution < -0.4 is 10.1 Å². The van der Waals surface area contributed by atoms with Gasteiger partial charge in [0.1, 0.15) is 18.1 Å². The predicted molar refractivity (Wildman–Crippen MR) is 129 cm³/mol. The first kappa shape index (κ1) is 23.4. The third-order valence-electron chi connectivity index (χ3n) is 5.98. The Kier molecular flexibility index (Phi) is 7.45. The molecule has 0 bridgehead atoms. The molecule has 1 amide bonds. The number of aromatic nitrogens is 2. The van der Waals surface area contributed by atoms with Crippen LogP contribution in [0.2, 0.25) is 0 Å². The molecular formula is C25H32N4O3S. The average molecular weight is 469 g/mol. The van der Waals surface area contributed by atoms with Gasteiger partial charge in [-0.25, -0.2) is 4.98 Å². The molecule has 3 heterocycles. The van der Waals surface area contributed by atoms with E-state index < -0.39 is 0 Å². The van der Waals surface area contributed by atoms with Crippen molar-refractivity contribution in [1.29, 1.82) is 0 Å². The van der Waals surface area contributed by atoms with E-state index in [0.717, 1.165) is 65.5 Å². The lowest BCUT2D eigenvalue weighted by Crippen LogP contribution is -2.38. The fraction of sp³-hybridized carbons (Fsp3) is 0.480. The number of likely N-dealkylation sites (tertiary alicyclic amines) is 1. The van der Waals surface area contributed by atoms with E-state index in [4.69, 9.17) is 9.26 Å². The molecule has 2 unspecified atom stereocenters. The maximum atomic E-state index is 12.5. The second-order valence-corrected chi connectivity index (χ2v) is 10.1. The Morgan fingerprint density at radius 3 is 2.61 bits per heavy atom. The molecule has 8 heteroatoms.